The van der Waals surface area contributed by atoms with E-state index in [4.69, 9.17) is 4.42 Å². The molecular formula is C20H22F2N2O2. The van der Waals surface area contributed by atoms with Gasteiger partial charge in [-0.15, -0.1) is 0 Å². The van der Waals surface area contributed by atoms with E-state index < -0.39 is 11.6 Å². The Bertz CT molecular complexity index is 773. The van der Waals surface area contributed by atoms with Gasteiger partial charge in [-0.1, -0.05) is 6.07 Å². The Balaban J connectivity index is 1.44. The maximum Gasteiger partial charge on any atom is 0.257 e. The van der Waals surface area contributed by atoms with Crippen LogP contribution in [0.25, 0.3) is 0 Å². The van der Waals surface area contributed by atoms with Crippen molar-refractivity contribution < 1.29 is 18.0 Å². The molecular weight excluding hydrogens is 338 g/mol. The zero-order chi connectivity index (χ0) is 18.1. The molecule has 4 rings (SSSR count). The minimum Gasteiger partial charge on any atom is -0.472 e. The predicted molar refractivity (Wildman–Crippen MR) is 92.5 cm³/mol. The lowest BCUT2D eigenvalue weighted by Gasteiger charge is -2.40. The molecule has 1 atom stereocenters. The number of hydrogen-bond acceptors (Lipinski definition) is 3. The monoisotopic (exact) mass is 360 g/mol. The summed E-state index contributed by atoms with van der Waals surface area (Å²) in [6.07, 6.45) is 5.92. The number of halogens is 2. The topological polar surface area (TPSA) is 36.7 Å². The van der Waals surface area contributed by atoms with Gasteiger partial charge in [0.15, 0.2) is 0 Å². The van der Waals surface area contributed by atoms with Crippen LogP contribution < -0.4 is 0 Å². The van der Waals surface area contributed by atoms with Crippen LogP contribution in [0.2, 0.25) is 0 Å². The van der Waals surface area contributed by atoms with Crippen molar-refractivity contribution in [3.63, 3.8) is 0 Å². The van der Waals surface area contributed by atoms with Gasteiger partial charge in [-0.3, -0.25) is 9.69 Å². The van der Waals surface area contributed by atoms with Crippen LogP contribution in [0, 0.1) is 17.0 Å². The summed E-state index contributed by atoms with van der Waals surface area (Å²) in [6.45, 7) is 3.26. The fourth-order valence-corrected chi connectivity index (χ4v) is 4.36. The first kappa shape index (κ1) is 17.2. The molecule has 0 radical (unpaired) electrons. The third-order valence-electron chi connectivity index (χ3n) is 5.68. The average molecular weight is 360 g/mol. The van der Waals surface area contributed by atoms with E-state index in [0.717, 1.165) is 32.4 Å². The van der Waals surface area contributed by atoms with Crippen molar-refractivity contribution in [3.05, 3.63) is 59.6 Å². The highest BCUT2D eigenvalue weighted by Gasteiger charge is 2.43. The van der Waals surface area contributed by atoms with E-state index in [9.17, 15) is 13.6 Å². The molecule has 1 aromatic heterocycles. The molecule has 2 aliphatic heterocycles. The van der Waals surface area contributed by atoms with Crippen LogP contribution in [-0.2, 0) is 6.54 Å². The molecule has 1 amide bonds. The molecule has 138 valence electrons. The Hall–Kier alpha value is -2.21. The Morgan fingerprint density at radius 3 is 2.65 bits per heavy atom. The first-order chi connectivity index (χ1) is 12.6. The summed E-state index contributed by atoms with van der Waals surface area (Å²) in [7, 11) is 0. The molecule has 0 bridgehead atoms. The van der Waals surface area contributed by atoms with Crippen molar-refractivity contribution >= 4 is 5.91 Å². The molecule has 1 unspecified atom stereocenters. The van der Waals surface area contributed by atoms with Crippen LogP contribution in [-0.4, -0.2) is 41.9 Å². The summed E-state index contributed by atoms with van der Waals surface area (Å²) in [4.78, 5) is 16.5. The second kappa shape index (κ2) is 6.83. The van der Waals surface area contributed by atoms with E-state index >= 15 is 0 Å². The van der Waals surface area contributed by atoms with Crippen molar-refractivity contribution in [1.82, 2.24) is 9.80 Å². The molecule has 3 heterocycles. The van der Waals surface area contributed by atoms with Gasteiger partial charge in [0.05, 0.1) is 11.8 Å². The fraction of sp³-hybridized carbons (Fsp3) is 0.450. The lowest BCUT2D eigenvalue weighted by molar-refractivity contribution is 0.0670. The molecule has 0 saturated carbocycles. The molecule has 1 aromatic carbocycles. The smallest absolute Gasteiger partial charge is 0.257 e. The molecule has 2 saturated heterocycles. The predicted octanol–water partition coefficient (Wildman–Crippen LogP) is 3.69. The molecule has 2 fully saturated rings. The number of benzene rings is 1. The summed E-state index contributed by atoms with van der Waals surface area (Å²) in [5.74, 6) is -0.992. The van der Waals surface area contributed by atoms with Gasteiger partial charge < -0.3 is 9.32 Å². The summed E-state index contributed by atoms with van der Waals surface area (Å²) in [5, 5.41) is 0. The number of carbonyl (C=O) groups excluding carboxylic acids is 1. The van der Waals surface area contributed by atoms with Gasteiger partial charge in [-0.05, 0) is 44.0 Å². The van der Waals surface area contributed by atoms with Crippen LogP contribution in [0.15, 0.2) is 41.2 Å². The van der Waals surface area contributed by atoms with Crippen LogP contribution >= 0.6 is 0 Å². The first-order valence-electron chi connectivity index (χ1n) is 9.03. The zero-order valence-electron chi connectivity index (χ0n) is 14.6. The second-order valence-electron chi connectivity index (χ2n) is 7.50. The van der Waals surface area contributed by atoms with E-state index in [1.54, 1.807) is 6.07 Å². The van der Waals surface area contributed by atoms with Crippen molar-refractivity contribution in [2.24, 2.45) is 5.41 Å². The van der Waals surface area contributed by atoms with Gasteiger partial charge in [0.1, 0.15) is 17.9 Å². The van der Waals surface area contributed by atoms with Gasteiger partial charge in [-0.25, -0.2) is 8.78 Å². The standard InChI is InChI=1S/C20H22F2N2O2/c21-17-3-1-4-18(22)16(17)11-23-8-2-6-20(13-23)7-9-24(14-20)19(25)15-5-10-26-12-15/h1,3-5,10,12H,2,6-9,11,13-14H2. The number of nitrogens with zero attached hydrogens (tertiary/aromatic N) is 2. The van der Waals surface area contributed by atoms with Crippen molar-refractivity contribution in [1.29, 1.82) is 0 Å². The minimum atomic E-state index is -0.493. The van der Waals surface area contributed by atoms with Crippen molar-refractivity contribution in [2.75, 3.05) is 26.2 Å². The lowest BCUT2D eigenvalue weighted by atomic mass is 9.79. The fourth-order valence-electron chi connectivity index (χ4n) is 4.36. The summed E-state index contributed by atoms with van der Waals surface area (Å²) in [6, 6.07) is 5.68. The molecule has 0 aliphatic carbocycles. The minimum absolute atomic E-state index is 0.00658. The Morgan fingerprint density at radius 2 is 1.92 bits per heavy atom. The Kier molecular flexibility index (Phi) is 4.53. The van der Waals surface area contributed by atoms with Gasteiger partial charge in [0, 0.05) is 37.2 Å². The molecule has 1 spiro atoms. The zero-order valence-corrected chi connectivity index (χ0v) is 14.6. The molecule has 2 aromatic rings. The molecule has 6 heteroatoms. The SMILES string of the molecule is O=C(c1ccoc1)N1CCC2(CCCN(Cc3c(F)cccc3F)C2)C1. The molecule has 26 heavy (non-hydrogen) atoms. The van der Waals surface area contributed by atoms with Crippen LogP contribution in [0.1, 0.15) is 35.2 Å². The Labute approximate surface area is 151 Å². The van der Waals surface area contributed by atoms with Gasteiger partial charge >= 0.3 is 0 Å². The second-order valence-corrected chi connectivity index (χ2v) is 7.50. The van der Waals surface area contributed by atoms with Gasteiger partial charge in [0.25, 0.3) is 5.91 Å². The molecule has 2 aliphatic rings. The maximum atomic E-state index is 14.0. The molecule has 0 N–H and O–H groups in total. The van der Waals surface area contributed by atoms with E-state index in [1.807, 2.05) is 4.90 Å². The lowest BCUT2D eigenvalue weighted by Crippen LogP contribution is -2.45. The van der Waals surface area contributed by atoms with Gasteiger partial charge in [-0.2, -0.15) is 0 Å². The number of rotatable bonds is 3. The number of amides is 1. The third kappa shape index (κ3) is 3.26. The van der Waals surface area contributed by atoms with Crippen LogP contribution in [0.4, 0.5) is 8.78 Å². The highest BCUT2D eigenvalue weighted by Crippen LogP contribution is 2.40. The van der Waals surface area contributed by atoms with Gasteiger partial charge in [0.2, 0.25) is 0 Å². The number of furan rings is 1. The summed E-state index contributed by atoms with van der Waals surface area (Å²) < 4.78 is 33.0. The largest absolute Gasteiger partial charge is 0.472 e. The highest BCUT2D eigenvalue weighted by molar-refractivity contribution is 5.94. The van der Waals surface area contributed by atoms with Crippen molar-refractivity contribution in [2.45, 2.75) is 25.8 Å². The number of hydrogen-bond donors (Lipinski definition) is 0. The van der Waals surface area contributed by atoms with Crippen molar-refractivity contribution in [3.8, 4) is 0 Å². The van der Waals surface area contributed by atoms with Crippen LogP contribution in [0.3, 0.4) is 0 Å². The third-order valence-corrected chi connectivity index (χ3v) is 5.68. The normalized spacial score (nSPS) is 23.7. The maximum absolute atomic E-state index is 14.0. The first-order valence-corrected chi connectivity index (χ1v) is 9.03. The van der Waals surface area contributed by atoms with E-state index in [2.05, 4.69) is 4.90 Å². The van der Waals surface area contributed by atoms with E-state index in [0.29, 0.717) is 18.7 Å². The highest BCUT2D eigenvalue weighted by atomic mass is 19.1. The molecule has 4 nitrogen and oxygen atoms in total. The van der Waals surface area contributed by atoms with Crippen LogP contribution in [0.5, 0.6) is 0 Å². The number of carbonyl (C=O) groups is 1. The number of piperidine rings is 1. The quantitative estimate of drug-likeness (QED) is 0.838. The van der Waals surface area contributed by atoms with E-state index in [-0.39, 0.29) is 23.4 Å². The summed E-state index contributed by atoms with van der Waals surface area (Å²) >= 11 is 0. The number of likely N-dealkylation sites (tertiary alicyclic amines) is 2. The summed E-state index contributed by atoms with van der Waals surface area (Å²) in [5.41, 5.74) is 0.719. The van der Waals surface area contributed by atoms with E-state index in [1.165, 1.54) is 30.7 Å². The average Bonchev–Trinajstić information content (AvgIpc) is 3.29. The Morgan fingerprint density at radius 1 is 1.12 bits per heavy atom.